The average Bonchev–Trinajstić information content (AvgIpc) is 3.35. The zero-order valence-electron chi connectivity index (χ0n) is 16.8. The standard InChI is InChI=1S/C21H18ClN5O4S/c1-14-20(27-11-3-2-4-19(27)25-14)21(28)26-23-12-16-7-8-17(31-16)13-24-32(29,30)18-9-5-15(22)6-10-18/h2-12,24H,13H2,1H3,(H,26,28)/b23-12-. The lowest BCUT2D eigenvalue weighted by molar-refractivity contribution is 0.0948. The molecule has 3 heterocycles. The molecule has 0 aliphatic carbocycles. The van der Waals surface area contributed by atoms with Gasteiger partial charge in [-0.05, 0) is 55.5 Å². The number of pyridine rings is 1. The number of hydrogen-bond donors (Lipinski definition) is 2. The summed E-state index contributed by atoms with van der Waals surface area (Å²) in [6, 6.07) is 14.5. The lowest BCUT2D eigenvalue weighted by atomic mass is 10.3. The molecular formula is C21H18ClN5O4S. The highest BCUT2D eigenvalue weighted by molar-refractivity contribution is 7.89. The summed E-state index contributed by atoms with van der Waals surface area (Å²) in [5.74, 6) is 0.314. The second-order valence-corrected chi connectivity index (χ2v) is 8.96. The zero-order valence-corrected chi connectivity index (χ0v) is 18.4. The van der Waals surface area contributed by atoms with Crippen molar-refractivity contribution in [1.82, 2.24) is 19.5 Å². The first kappa shape index (κ1) is 21.8. The van der Waals surface area contributed by atoms with E-state index >= 15 is 0 Å². The van der Waals surface area contributed by atoms with Gasteiger partial charge in [0.2, 0.25) is 10.0 Å². The number of hydrogen-bond acceptors (Lipinski definition) is 6. The van der Waals surface area contributed by atoms with Gasteiger partial charge in [0.15, 0.2) is 0 Å². The number of fused-ring (bicyclic) bond motifs is 1. The number of aryl methyl sites for hydroxylation is 1. The van der Waals surface area contributed by atoms with Crippen molar-refractivity contribution in [2.45, 2.75) is 18.4 Å². The Morgan fingerprint density at radius 1 is 1.19 bits per heavy atom. The summed E-state index contributed by atoms with van der Waals surface area (Å²) >= 11 is 5.79. The van der Waals surface area contributed by atoms with E-state index in [-0.39, 0.29) is 11.4 Å². The van der Waals surface area contributed by atoms with E-state index in [0.717, 1.165) is 0 Å². The van der Waals surface area contributed by atoms with Gasteiger partial charge in [-0.15, -0.1) is 0 Å². The van der Waals surface area contributed by atoms with Crippen LogP contribution < -0.4 is 10.1 Å². The van der Waals surface area contributed by atoms with E-state index in [2.05, 4.69) is 20.2 Å². The molecule has 0 aliphatic rings. The Morgan fingerprint density at radius 2 is 1.97 bits per heavy atom. The van der Waals surface area contributed by atoms with Crippen LogP contribution in [0.15, 0.2) is 75.2 Å². The van der Waals surface area contributed by atoms with Crippen molar-refractivity contribution in [1.29, 1.82) is 0 Å². The largest absolute Gasteiger partial charge is 0.459 e. The summed E-state index contributed by atoms with van der Waals surface area (Å²) in [7, 11) is -3.71. The lowest BCUT2D eigenvalue weighted by Crippen LogP contribution is -2.22. The number of halogens is 1. The smallest absolute Gasteiger partial charge is 0.290 e. The molecule has 164 valence electrons. The summed E-state index contributed by atoms with van der Waals surface area (Å²) < 4.78 is 34.3. The number of sulfonamides is 1. The molecule has 1 amide bonds. The minimum atomic E-state index is -3.71. The molecule has 4 rings (SSSR count). The Hall–Kier alpha value is -3.47. The van der Waals surface area contributed by atoms with Gasteiger partial charge in [-0.1, -0.05) is 17.7 Å². The molecule has 0 radical (unpaired) electrons. The molecule has 0 aliphatic heterocycles. The van der Waals surface area contributed by atoms with E-state index in [4.69, 9.17) is 16.0 Å². The van der Waals surface area contributed by atoms with E-state index in [1.165, 1.54) is 30.5 Å². The lowest BCUT2D eigenvalue weighted by Gasteiger charge is -2.05. The quantitative estimate of drug-likeness (QED) is 0.317. The fourth-order valence-corrected chi connectivity index (χ4v) is 4.14. The van der Waals surface area contributed by atoms with Crippen molar-refractivity contribution in [3.8, 4) is 0 Å². The van der Waals surface area contributed by atoms with Crippen LogP contribution in [-0.2, 0) is 16.6 Å². The maximum Gasteiger partial charge on any atom is 0.290 e. The first-order valence-electron chi connectivity index (χ1n) is 9.44. The molecule has 0 fully saturated rings. The first-order valence-corrected chi connectivity index (χ1v) is 11.3. The maximum atomic E-state index is 12.5. The van der Waals surface area contributed by atoms with Crippen molar-refractivity contribution in [3.05, 3.63) is 88.7 Å². The van der Waals surface area contributed by atoms with Crippen molar-refractivity contribution < 1.29 is 17.6 Å². The molecule has 32 heavy (non-hydrogen) atoms. The summed E-state index contributed by atoms with van der Waals surface area (Å²) in [6.07, 6.45) is 3.07. The number of carbonyl (C=O) groups is 1. The molecule has 0 bridgehead atoms. The van der Waals surface area contributed by atoms with Crippen LogP contribution in [0.4, 0.5) is 0 Å². The molecular weight excluding hydrogens is 454 g/mol. The molecule has 0 spiro atoms. The van der Waals surface area contributed by atoms with Crippen LogP contribution in [0.1, 0.15) is 27.7 Å². The van der Waals surface area contributed by atoms with Crippen LogP contribution in [0, 0.1) is 6.92 Å². The van der Waals surface area contributed by atoms with Crippen molar-refractivity contribution >= 4 is 39.4 Å². The van der Waals surface area contributed by atoms with Gasteiger partial charge in [-0.2, -0.15) is 5.10 Å². The number of rotatable bonds is 7. The number of carbonyl (C=O) groups excluding carboxylic acids is 1. The highest BCUT2D eigenvalue weighted by Crippen LogP contribution is 2.15. The fraction of sp³-hybridized carbons (Fsp3) is 0.0952. The number of furan rings is 1. The van der Waals surface area contributed by atoms with E-state index < -0.39 is 15.9 Å². The summed E-state index contributed by atoms with van der Waals surface area (Å²) in [5, 5.41) is 4.36. The van der Waals surface area contributed by atoms with Crippen LogP contribution in [0.2, 0.25) is 5.02 Å². The second-order valence-electron chi connectivity index (χ2n) is 6.76. The highest BCUT2D eigenvalue weighted by Gasteiger charge is 2.16. The predicted molar refractivity (Wildman–Crippen MR) is 119 cm³/mol. The van der Waals surface area contributed by atoms with Crippen LogP contribution in [0.25, 0.3) is 5.65 Å². The third-order valence-corrected chi connectivity index (χ3v) is 6.19. The molecule has 3 aromatic heterocycles. The van der Waals surface area contributed by atoms with Gasteiger partial charge in [-0.3, -0.25) is 9.20 Å². The van der Waals surface area contributed by atoms with Gasteiger partial charge in [0.25, 0.3) is 5.91 Å². The SMILES string of the molecule is Cc1nc2ccccn2c1C(=O)N/N=C\c1ccc(CNS(=O)(=O)c2ccc(Cl)cc2)o1. The van der Waals surface area contributed by atoms with Gasteiger partial charge in [0.1, 0.15) is 22.9 Å². The summed E-state index contributed by atoms with van der Waals surface area (Å²) in [5.41, 5.74) is 4.07. The average molecular weight is 472 g/mol. The van der Waals surface area contributed by atoms with Crippen LogP contribution in [0.5, 0.6) is 0 Å². The highest BCUT2D eigenvalue weighted by atomic mass is 35.5. The molecule has 2 N–H and O–H groups in total. The first-order chi connectivity index (χ1) is 15.3. The fourth-order valence-electron chi connectivity index (χ4n) is 3.02. The number of nitrogens with one attached hydrogen (secondary N) is 2. The van der Waals surface area contributed by atoms with Gasteiger partial charge in [0, 0.05) is 11.2 Å². The van der Waals surface area contributed by atoms with Gasteiger partial charge in [0.05, 0.1) is 23.3 Å². The van der Waals surface area contributed by atoms with Gasteiger partial charge in [-0.25, -0.2) is 23.5 Å². The molecule has 4 aromatic rings. The maximum absolute atomic E-state index is 12.5. The number of benzene rings is 1. The van der Waals surface area contributed by atoms with E-state index in [1.54, 1.807) is 41.8 Å². The minimum Gasteiger partial charge on any atom is -0.459 e. The Kier molecular flexibility index (Phi) is 6.08. The predicted octanol–water partition coefficient (Wildman–Crippen LogP) is 3.13. The molecule has 0 atom stereocenters. The second kappa shape index (κ2) is 8.95. The summed E-state index contributed by atoms with van der Waals surface area (Å²) in [6.45, 7) is 1.70. The molecule has 11 heteroatoms. The topological polar surface area (TPSA) is 118 Å². The minimum absolute atomic E-state index is 0.0494. The Morgan fingerprint density at radius 3 is 2.75 bits per heavy atom. The zero-order chi connectivity index (χ0) is 22.7. The molecule has 0 saturated carbocycles. The molecule has 9 nitrogen and oxygen atoms in total. The molecule has 0 unspecified atom stereocenters. The Balaban J connectivity index is 1.37. The molecule has 0 saturated heterocycles. The summed E-state index contributed by atoms with van der Waals surface area (Å²) in [4.78, 5) is 16.9. The number of nitrogens with zero attached hydrogens (tertiary/aromatic N) is 3. The normalized spacial score (nSPS) is 11.9. The van der Waals surface area contributed by atoms with Gasteiger partial charge < -0.3 is 4.42 Å². The van der Waals surface area contributed by atoms with Crippen molar-refractivity contribution in [3.63, 3.8) is 0 Å². The van der Waals surface area contributed by atoms with Crippen LogP contribution in [0.3, 0.4) is 0 Å². The van der Waals surface area contributed by atoms with Crippen molar-refractivity contribution in [2.24, 2.45) is 5.10 Å². The van der Waals surface area contributed by atoms with E-state index in [0.29, 0.717) is 33.6 Å². The third-order valence-electron chi connectivity index (χ3n) is 4.52. The third kappa shape index (κ3) is 4.72. The van der Waals surface area contributed by atoms with E-state index in [9.17, 15) is 13.2 Å². The van der Waals surface area contributed by atoms with E-state index in [1.807, 2.05) is 6.07 Å². The van der Waals surface area contributed by atoms with Crippen LogP contribution in [-0.4, -0.2) is 29.9 Å². The Bertz CT molecular complexity index is 1410. The monoisotopic (exact) mass is 471 g/mol. The Labute approximate surface area is 188 Å². The van der Waals surface area contributed by atoms with Gasteiger partial charge >= 0.3 is 0 Å². The number of aromatic nitrogens is 2. The number of amides is 1. The number of imidazole rings is 1. The van der Waals surface area contributed by atoms with Crippen molar-refractivity contribution in [2.75, 3.05) is 0 Å². The van der Waals surface area contributed by atoms with Crippen LogP contribution >= 0.6 is 11.6 Å². The number of hydrazone groups is 1. The molecule has 1 aromatic carbocycles.